The van der Waals surface area contributed by atoms with Crippen molar-refractivity contribution in [2.24, 2.45) is 0 Å². The molecule has 0 aliphatic carbocycles. The first kappa shape index (κ1) is 32.8. The number of imide groups is 2. The second-order valence-electron chi connectivity index (χ2n) is 12.5. The van der Waals surface area contributed by atoms with Gasteiger partial charge in [0.1, 0.15) is 11.7 Å². The van der Waals surface area contributed by atoms with Gasteiger partial charge in [0.2, 0.25) is 11.8 Å². The van der Waals surface area contributed by atoms with Gasteiger partial charge in [0.05, 0.1) is 23.3 Å². The van der Waals surface area contributed by atoms with Crippen molar-refractivity contribution in [1.29, 1.82) is 0 Å². The van der Waals surface area contributed by atoms with Crippen molar-refractivity contribution in [3.05, 3.63) is 113 Å². The number of carbonyl (C=O) groups is 5. The first-order chi connectivity index (χ1) is 24.3. The van der Waals surface area contributed by atoms with Crippen molar-refractivity contribution < 1.29 is 28.7 Å². The molecule has 50 heavy (non-hydrogen) atoms. The van der Waals surface area contributed by atoms with Crippen molar-refractivity contribution in [2.45, 2.75) is 38.5 Å². The Morgan fingerprint density at radius 3 is 2.48 bits per heavy atom. The van der Waals surface area contributed by atoms with Crippen LogP contribution in [0.15, 0.2) is 85.1 Å². The lowest BCUT2D eigenvalue weighted by molar-refractivity contribution is -0.136. The molecular weight excluding hydrogens is 636 g/mol. The molecule has 4 heterocycles. The van der Waals surface area contributed by atoms with Crippen LogP contribution in [0.2, 0.25) is 0 Å². The Labute approximate surface area is 288 Å². The number of carbonyl (C=O) groups excluding carboxylic acids is 5. The zero-order valence-electron chi connectivity index (χ0n) is 27.6. The van der Waals surface area contributed by atoms with E-state index in [1.165, 1.54) is 23.6 Å². The van der Waals surface area contributed by atoms with E-state index in [1.807, 2.05) is 36.5 Å². The van der Waals surface area contributed by atoms with Crippen molar-refractivity contribution in [3.63, 3.8) is 0 Å². The largest absolute Gasteiger partial charge is 0.383 e. The Morgan fingerprint density at radius 2 is 1.68 bits per heavy atom. The van der Waals surface area contributed by atoms with E-state index in [0.717, 1.165) is 58.8 Å². The third-order valence-corrected chi connectivity index (χ3v) is 9.36. The van der Waals surface area contributed by atoms with Gasteiger partial charge in [-0.25, -0.2) is 4.98 Å². The summed E-state index contributed by atoms with van der Waals surface area (Å²) in [5.41, 5.74) is 4.56. The van der Waals surface area contributed by atoms with Crippen LogP contribution in [-0.4, -0.2) is 81.7 Å². The number of hydrogen-bond acceptors (Lipinski definition) is 8. The average Bonchev–Trinajstić information content (AvgIpc) is 3.58. The van der Waals surface area contributed by atoms with Crippen LogP contribution < -0.4 is 10.6 Å². The lowest BCUT2D eigenvalue weighted by Crippen LogP contribution is -2.54. The zero-order valence-corrected chi connectivity index (χ0v) is 27.6. The van der Waals surface area contributed by atoms with Gasteiger partial charge in [0.25, 0.3) is 17.7 Å². The van der Waals surface area contributed by atoms with Crippen LogP contribution in [0.3, 0.4) is 0 Å². The fourth-order valence-corrected chi connectivity index (χ4v) is 6.75. The summed E-state index contributed by atoms with van der Waals surface area (Å²) >= 11 is 0. The molecule has 0 bridgehead atoms. The van der Waals surface area contributed by atoms with Crippen LogP contribution in [0.1, 0.15) is 55.0 Å². The standard InChI is InChI=1S/C38H36N6O6/c1-50-20-19-42(17-18-43-31-7-3-2-5-27(31)28-6-4-16-39-34(28)43)23-25-10-8-24(9-11-25)22-40-35(46)26-12-13-29-30(21-26)38(49)44(37(29)48)32-14-15-33(45)41-36(32)47/h2-13,16,21,32H,14-15,17-20,22-23H2,1H3,(H,40,46)(H,41,45,47). The van der Waals surface area contributed by atoms with Crippen molar-refractivity contribution in [2.75, 3.05) is 26.8 Å². The number of piperidine rings is 1. The number of amides is 5. The number of nitrogens with one attached hydrogen (secondary N) is 2. The summed E-state index contributed by atoms with van der Waals surface area (Å²) in [6, 6.07) is 23.7. The van der Waals surface area contributed by atoms with Crippen LogP contribution in [0.25, 0.3) is 21.9 Å². The highest BCUT2D eigenvalue weighted by molar-refractivity contribution is 6.24. The predicted molar refractivity (Wildman–Crippen MR) is 185 cm³/mol. The fraction of sp³-hybridized carbons (Fsp3) is 0.263. The Bertz CT molecular complexity index is 2090. The SMILES string of the molecule is COCCN(CCn1c2ccccc2c2cccnc21)Cc1ccc(CNC(=O)c2ccc3c(c2)C(=O)N(C2CCC(=O)NC2=O)C3=O)cc1. The Balaban J connectivity index is 0.973. The molecule has 12 nitrogen and oxygen atoms in total. The van der Waals surface area contributed by atoms with Crippen LogP contribution in [0.4, 0.5) is 0 Å². The van der Waals surface area contributed by atoms with Crippen molar-refractivity contribution >= 4 is 51.5 Å². The van der Waals surface area contributed by atoms with Gasteiger partial charge in [0, 0.05) is 68.8 Å². The molecule has 2 aromatic heterocycles. The molecule has 5 aromatic rings. The number of benzene rings is 3. The van der Waals surface area contributed by atoms with Crippen LogP contribution >= 0.6 is 0 Å². The molecule has 12 heteroatoms. The molecule has 3 aromatic carbocycles. The van der Waals surface area contributed by atoms with Crippen LogP contribution in [-0.2, 0) is 34.0 Å². The van der Waals surface area contributed by atoms with Crippen molar-refractivity contribution in [1.82, 2.24) is 30.0 Å². The number of rotatable bonds is 12. The van der Waals surface area contributed by atoms with E-state index >= 15 is 0 Å². The molecule has 7 rings (SSSR count). The van der Waals surface area contributed by atoms with Gasteiger partial charge in [-0.1, -0.05) is 42.5 Å². The number of aromatic nitrogens is 2. The molecule has 0 spiro atoms. The smallest absolute Gasteiger partial charge is 0.262 e. The van der Waals surface area contributed by atoms with Crippen LogP contribution in [0.5, 0.6) is 0 Å². The minimum atomic E-state index is -1.07. The number of methoxy groups -OCH3 is 1. The summed E-state index contributed by atoms with van der Waals surface area (Å²) in [5.74, 6) is -2.79. The quantitative estimate of drug-likeness (QED) is 0.191. The first-order valence-corrected chi connectivity index (χ1v) is 16.6. The molecule has 5 amide bonds. The summed E-state index contributed by atoms with van der Waals surface area (Å²) in [6.07, 6.45) is 1.93. The number of nitrogens with zero attached hydrogens (tertiary/aromatic N) is 4. The summed E-state index contributed by atoms with van der Waals surface area (Å²) in [5, 5.41) is 7.40. The lowest BCUT2D eigenvalue weighted by atomic mass is 10.0. The number of hydrogen-bond donors (Lipinski definition) is 2. The molecule has 1 unspecified atom stereocenters. The molecule has 1 saturated heterocycles. The molecule has 2 N–H and O–H groups in total. The number of fused-ring (bicyclic) bond motifs is 4. The molecular formula is C38H36N6O6. The summed E-state index contributed by atoms with van der Waals surface area (Å²) in [7, 11) is 1.70. The first-order valence-electron chi connectivity index (χ1n) is 16.6. The molecule has 2 aliphatic rings. The number of pyridine rings is 1. The minimum absolute atomic E-state index is 0.0338. The Hall–Kier alpha value is -5.72. The van der Waals surface area contributed by atoms with Gasteiger partial charge in [0.15, 0.2) is 0 Å². The third-order valence-electron chi connectivity index (χ3n) is 9.36. The Kier molecular flexibility index (Phi) is 9.20. The van der Waals surface area contributed by atoms with E-state index in [0.29, 0.717) is 6.61 Å². The third kappa shape index (κ3) is 6.38. The average molecular weight is 673 g/mol. The summed E-state index contributed by atoms with van der Waals surface area (Å²) < 4.78 is 7.69. The normalized spacial score (nSPS) is 16.0. The molecule has 254 valence electrons. The summed E-state index contributed by atoms with van der Waals surface area (Å²) in [6.45, 7) is 3.92. The number of ether oxygens (including phenoxy) is 1. The fourth-order valence-electron chi connectivity index (χ4n) is 6.75. The second-order valence-corrected chi connectivity index (χ2v) is 12.5. The predicted octanol–water partition coefficient (Wildman–Crippen LogP) is 3.67. The highest BCUT2D eigenvalue weighted by Gasteiger charge is 2.44. The van der Waals surface area contributed by atoms with Gasteiger partial charge < -0.3 is 14.6 Å². The molecule has 0 saturated carbocycles. The molecule has 0 radical (unpaired) electrons. The van der Waals surface area contributed by atoms with E-state index in [9.17, 15) is 24.0 Å². The topological polar surface area (TPSA) is 143 Å². The highest BCUT2D eigenvalue weighted by Crippen LogP contribution is 2.29. The van der Waals surface area contributed by atoms with Crippen molar-refractivity contribution in [3.8, 4) is 0 Å². The van der Waals surface area contributed by atoms with Gasteiger partial charge in [-0.15, -0.1) is 0 Å². The second kappa shape index (κ2) is 14.0. The molecule has 1 fully saturated rings. The van der Waals surface area contributed by atoms with Gasteiger partial charge >= 0.3 is 0 Å². The van der Waals surface area contributed by atoms with Gasteiger partial charge in [-0.3, -0.25) is 39.1 Å². The monoisotopic (exact) mass is 672 g/mol. The van der Waals surface area contributed by atoms with E-state index in [-0.39, 0.29) is 36.1 Å². The maximum Gasteiger partial charge on any atom is 0.262 e. The van der Waals surface area contributed by atoms with E-state index in [1.54, 1.807) is 7.11 Å². The lowest BCUT2D eigenvalue weighted by Gasteiger charge is -2.27. The molecule has 1 atom stereocenters. The Morgan fingerprint density at radius 1 is 0.920 bits per heavy atom. The maximum absolute atomic E-state index is 13.2. The van der Waals surface area contributed by atoms with Gasteiger partial charge in [-0.05, 0) is 53.9 Å². The van der Waals surface area contributed by atoms with Gasteiger partial charge in [-0.2, -0.15) is 0 Å². The van der Waals surface area contributed by atoms with E-state index < -0.39 is 35.6 Å². The highest BCUT2D eigenvalue weighted by atomic mass is 16.5. The van der Waals surface area contributed by atoms with E-state index in [2.05, 4.69) is 55.4 Å². The van der Waals surface area contributed by atoms with E-state index in [4.69, 9.17) is 4.74 Å². The number of para-hydroxylation sites is 1. The minimum Gasteiger partial charge on any atom is -0.383 e. The zero-order chi connectivity index (χ0) is 34.8. The maximum atomic E-state index is 13.2. The molecule has 2 aliphatic heterocycles. The summed E-state index contributed by atoms with van der Waals surface area (Å²) in [4.78, 5) is 71.0. The van der Waals surface area contributed by atoms with Crippen LogP contribution in [0, 0.1) is 0 Å².